The first-order valence-corrected chi connectivity index (χ1v) is 8.45. The van der Waals surface area contributed by atoms with Crippen molar-refractivity contribution in [2.75, 3.05) is 6.54 Å². The Balaban J connectivity index is 2.47. The van der Waals surface area contributed by atoms with Crippen molar-refractivity contribution in [3.8, 4) is 0 Å². The Hall–Kier alpha value is -1.12. The normalized spacial score (nSPS) is 12.4. The van der Waals surface area contributed by atoms with E-state index < -0.39 is 0 Å². The Bertz CT molecular complexity index is 596. The summed E-state index contributed by atoms with van der Waals surface area (Å²) in [5.41, 5.74) is 6.65. The average Bonchev–Trinajstić information content (AvgIpc) is 2.49. The molecule has 0 aliphatic rings. The van der Waals surface area contributed by atoms with Crippen LogP contribution in [0.1, 0.15) is 47.7 Å². The van der Waals surface area contributed by atoms with Crippen LogP contribution in [0.5, 0.6) is 0 Å². The monoisotopic (exact) mass is 345 g/mol. The molecule has 2 heteroatoms. The van der Waals surface area contributed by atoms with Crippen LogP contribution in [0.2, 0.25) is 0 Å². The minimum absolute atomic E-state index is 0.256. The largest absolute Gasteiger partial charge is 0.307 e. The Morgan fingerprint density at radius 3 is 2.24 bits per heavy atom. The van der Waals surface area contributed by atoms with E-state index in [1.54, 1.807) is 0 Å². The second-order valence-corrected chi connectivity index (χ2v) is 6.35. The molecule has 1 nitrogen and oxygen atoms in total. The second kappa shape index (κ2) is 7.24. The molecule has 0 amide bonds. The summed E-state index contributed by atoms with van der Waals surface area (Å²) in [6.07, 6.45) is 1.07. The summed E-state index contributed by atoms with van der Waals surface area (Å²) in [4.78, 5) is 0. The summed E-state index contributed by atoms with van der Waals surface area (Å²) >= 11 is 3.66. The lowest BCUT2D eigenvalue weighted by Gasteiger charge is -2.21. The molecular formula is C19H24BrN. The smallest absolute Gasteiger partial charge is 0.0576 e. The highest BCUT2D eigenvalue weighted by molar-refractivity contribution is 9.10. The zero-order chi connectivity index (χ0) is 15.4. The summed E-state index contributed by atoms with van der Waals surface area (Å²) in [5.74, 6) is 0. The topological polar surface area (TPSA) is 12.0 Å². The van der Waals surface area contributed by atoms with E-state index in [9.17, 15) is 0 Å². The number of aryl methyl sites for hydroxylation is 3. The van der Waals surface area contributed by atoms with Crippen molar-refractivity contribution in [1.82, 2.24) is 5.32 Å². The zero-order valence-corrected chi connectivity index (χ0v) is 14.9. The van der Waals surface area contributed by atoms with Crippen molar-refractivity contribution in [3.63, 3.8) is 0 Å². The summed E-state index contributed by atoms with van der Waals surface area (Å²) < 4.78 is 1.21. The van der Waals surface area contributed by atoms with Crippen molar-refractivity contribution in [2.45, 2.75) is 40.2 Å². The standard InChI is InChI=1S/C19H24BrN/c1-5-15-8-7-9-16(12-15)19(21-6-2)17-10-13(3)18(20)14(4)11-17/h7-12,19,21H,5-6H2,1-4H3. The van der Waals surface area contributed by atoms with Crippen LogP contribution in [0.15, 0.2) is 40.9 Å². The number of benzene rings is 2. The van der Waals surface area contributed by atoms with E-state index in [0.29, 0.717) is 0 Å². The fourth-order valence-corrected chi connectivity index (χ4v) is 3.00. The Morgan fingerprint density at radius 2 is 1.67 bits per heavy atom. The maximum Gasteiger partial charge on any atom is 0.0576 e. The van der Waals surface area contributed by atoms with E-state index in [2.05, 4.69) is 85.3 Å². The SMILES string of the molecule is CCNC(c1cccc(CC)c1)c1cc(C)c(Br)c(C)c1. The minimum Gasteiger partial charge on any atom is -0.307 e. The molecule has 1 atom stereocenters. The van der Waals surface area contributed by atoms with E-state index in [1.807, 2.05) is 0 Å². The van der Waals surface area contributed by atoms with E-state index in [1.165, 1.54) is 32.3 Å². The number of rotatable bonds is 5. The minimum atomic E-state index is 0.256. The van der Waals surface area contributed by atoms with Crippen molar-refractivity contribution in [1.29, 1.82) is 0 Å². The van der Waals surface area contributed by atoms with Gasteiger partial charge in [-0.15, -0.1) is 0 Å². The maximum atomic E-state index is 3.66. The maximum absolute atomic E-state index is 3.66. The molecule has 2 aromatic rings. The van der Waals surface area contributed by atoms with Gasteiger partial charge in [0.15, 0.2) is 0 Å². The third-order valence-electron chi connectivity index (χ3n) is 3.89. The molecule has 112 valence electrons. The highest BCUT2D eigenvalue weighted by atomic mass is 79.9. The molecule has 2 aromatic carbocycles. The molecule has 0 radical (unpaired) electrons. The predicted molar refractivity (Wildman–Crippen MR) is 95.0 cm³/mol. The van der Waals surface area contributed by atoms with Gasteiger partial charge in [-0.05, 0) is 54.6 Å². The van der Waals surface area contributed by atoms with Crippen LogP contribution in [0, 0.1) is 13.8 Å². The van der Waals surface area contributed by atoms with Crippen LogP contribution in [0.3, 0.4) is 0 Å². The van der Waals surface area contributed by atoms with E-state index in [4.69, 9.17) is 0 Å². The third-order valence-corrected chi connectivity index (χ3v) is 5.14. The molecule has 0 saturated heterocycles. The highest BCUT2D eigenvalue weighted by Crippen LogP contribution is 2.29. The molecule has 2 rings (SSSR count). The summed E-state index contributed by atoms with van der Waals surface area (Å²) in [7, 11) is 0. The molecule has 0 spiro atoms. The van der Waals surface area contributed by atoms with E-state index in [0.717, 1.165) is 13.0 Å². The molecule has 21 heavy (non-hydrogen) atoms. The van der Waals surface area contributed by atoms with Gasteiger partial charge in [0.2, 0.25) is 0 Å². The number of halogens is 1. The molecule has 0 bridgehead atoms. The third kappa shape index (κ3) is 3.75. The number of nitrogens with one attached hydrogen (secondary N) is 1. The van der Waals surface area contributed by atoms with Gasteiger partial charge in [0.05, 0.1) is 6.04 Å². The van der Waals surface area contributed by atoms with Gasteiger partial charge in [0, 0.05) is 4.47 Å². The molecule has 0 fully saturated rings. The number of hydrogen-bond acceptors (Lipinski definition) is 1. The molecular weight excluding hydrogens is 322 g/mol. The van der Waals surface area contributed by atoms with Gasteiger partial charge in [-0.2, -0.15) is 0 Å². The van der Waals surface area contributed by atoms with E-state index >= 15 is 0 Å². The lowest BCUT2D eigenvalue weighted by Crippen LogP contribution is -2.22. The summed E-state index contributed by atoms with van der Waals surface area (Å²) in [5, 5.41) is 3.63. The summed E-state index contributed by atoms with van der Waals surface area (Å²) in [6.45, 7) is 9.64. The van der Waals surface area contributed by atoms with Gasteiger partial charge in [-0.25, -0.2) is 0 Å². The first-order chi connectivity index (χ1) is 10.1. The van der Waals surface area contributed by atoms with Crippen molar-refractivity contribution in [2.24, 2.45) is 0 Å². The predicted octanol–water partition coefficient (Wildman–Crippen LogP) is 5.33. The van der Waals surface area contributed by atoms with Crippen LogP contribution in [-0.2, 0) is 6.42 Å². The first-order valence-electron chi connectivity index (χ1n) is 7.65. The fourth-order valence-electron chi connectivity index (χ4n) is 2.77. The lowest BCUT2D eigenvalue weighted by atomic mass is 9.94. The fraction of sp³-hybridized carbons (Fsp3) is 0.368. The lowest BCUT2D eigenvalue weighted by molar-refractivity contribution is 0.629. The quantitative estimate of drug-likeness (QED) is 0.772. The molecule has 0 saturated carbocycles. The summed E-state index contributed by atoms with van der Waals surface area (Å²) in [6, 6.07) is 13.7. The van der Waals surface area contributed by atoms with Crippen LogP contribution in [0.25, 0.3) is 0 Å². The number of hydrogen-bond donors (Lipinski definition) is 1. The highest BCUT2D eigenvalue weighted by Gasteiger charge is 2.15. The first kappa shape index (κ1) is 16.3. The van der Waals surface area contributed by atoms with Crippen LogP contribution >= 0.6 is 15.9 Å². The van der Waals surface area contributed by atoms with Gasteiger partial charge < -0.3 is 5.32 Å². The van der Waals surface area contributed by atoms with Gasteiger partial charge in [0.25, 0.3) is 0 Å². The molecule has 0 heterocycles. The molecule has 0 aromatic heterocycles. The average molecular weight is 346 g/mol. The van der Waals surface area contributed by atoms with E-state index in [-0.39, 0.29) is 6.04 Å². The van der Waals surface area contributed by atoms with Crippen molar-refractivity contribution in [3.05, 3.63) is 68.7 Å². The van der Waals surface area contributed by atoms with Gasteiger partial charge >= 0.3 is 0 Å². The zero-order valence-electron chi connectivity index (χ0n) is 13.3. The van der Waals surface area contributed by atoms with Crippen molar-refractivity contribution >= 4 is 15.9 Å². The molecule has 0 aliphatic heterocycles. The van der Waals surface area contributed by atoms with Gasteiger partial charge in [-0.1, -0.05) is 66.2 Å². The Kier molecular flexibility index (Phi) is 5.60. The van der Waals surface area contributed by atoms with Gasteiger partial charge in [0.1, 0.15) is 0 Å². The van der Waals surface area contributed by atoms with Crippen LogP contribution in [-0.4, -0.2) is 6.54 Å². The Labute approximate surface area is 136 Å². The molecule has 1 N–H and O–H groups in total. The Morgan fingerprint density at radius 1 is 1.00 bits per heavy atom. The second-order valence-electron chi connectivity index (χ2n) is 5.56. The molecule has 0 aliphatic carbocycles. The van der Waals surface area contributed by atoms with Crippen LogP contribution in [0.4, 0.5) is 0 Å². The van der Waals surface area contributed by atoms with Crippen LogP contribution < -0.4 is 5.32 Å². The van der Waals surface area contributed by atoms with Crippen molar-refractivity contribution < 1.29 is 0 Å². The molecule has 1 unspecified atom stereocenters. The van der Waals surface area contributed by atoms with Gasteiger partial charge in [-0.3, -0.25) is 0 Å².